The fourth-order valence-corrected chi connectivity index (χ4v) is 3.39. The Morgan fingerprint density at radius 1 is 1.23 bits per heavy atom. The zero-order valence-corrected chi connectivity index (χ0v) is 16.7. The van der Waals surface area contributed by atoms with Crippen LogP contribution in [0, 0.1) is 5.82 Å². The average Bonchev–Trinajstić information content (AvgIpc) is 3.17. The van der Waals surface area contributed by atoms with Gasteiger partial charge in [-0.25, -0.2) is 9.18 Å². The Labute approximate surface area is 175 Å². The summed E-state index contributed by atoms with van der Waals surface area (Å²) in [6.07, 6.45) is 0.327. The third-order valence-corrected chi connectivity index (χ3v) is 4.91. The number of nitrogens with zero attached hydrogens (tertiary/aromatic N) is 2. The Bertz CT molecular complexity index is 1130. The van der Waals surface area contributed by atoms with Gasteiger partial charge in [-0.2, -0.15) is 0 Å². The molecule has 156 valence electrons. The van der Waals surface area contributed by atoms with Crippen molar-refractivity contribution in [2.45, 2.75) is 0 Å². The standard InChI is InChI=1S/C20H17ClFN3O5/c1-23-20(27)30-17-8-12-6-11(7-14(21)18(12)29-17)16-9-13(15(22)10-24-16)19(26)25-2-4-28-5-3-25/h6-10H,2-5H2,1H3,(H,23,27). The molecule has 1 aromatic carbocycles. The van der Waals surface area contributed by atoms with Crippen LogP contribution in [0.5, 0.6) is 5.95 Å². The fourth-order valence-electron chi connectivity index (χ4n) is 3.12. The summed E-state index contributed by atoms with van der Waals surface area (Å²) in [6.45, 7) is 1.63. The number of pyridine rings is 1. The Morgan fingerprint density at radius 3 is 2.73 bits per heavy atom. The number of halogens is 2. The highest BCUT2D eigenvalue weighted by Crippen LogP contribution is 2.35. The molecule has 1 aliphatic rings. The van der Waals surface area contributed by atoms with E-state index in [-0.39, 0.29) is 16.5 Å². The number of amides is 2. The van der Waals surface area contributed by atoms with Crippen molar-refractivity contribution >= 4 is 34.6 Å². The molecule has 1 saturated heterocycles. The molecule has 10 heteroatoms. The second-order valence-electron chi connectivity index (χ2n) is 6.54. The largest absolute Gasteiger partial charge is 0.424 e. The molecule has 2 aromatic heterocycles. The lowest BCUT2D eigenvalue weighted by Crippen LogP contribution is -2.41. The molecule has 30 heavy (non-hydrogen) atoms. The number of aromatic nitrogens is 1. The summed E-state index contributed by atoms with van der Waals surface area (Å²) < 4.78 is 30.0. The highest BCUT2D eigenvalue weighted by Gasteiger charge is 2.23. The normalized spacial score (nSPS) is 14.0. The SMILES string of the molecule is CNC(=O)Oc1cc2cc(-c3cc(C(=O)N4CCOCC4)c(F)cn3)cc(Cl)c2o1. The van der Waals surface area contributed by atoms with E-state index in [2.05, 4.69) is 10.3 Å². The van der Waals surface area contributed by atoms with Gasteiger partial charge in [-0.1, -0.05) is 11.6 Å². The molecule has 4 rings (SSSR count). The molecule has 1 N–H and O–H groups in total. The van der Waals surface area contributed by atoms with Crippen LogP contribution in [0.15, 0.2) is 34.9 Å². The van der Waals surface area contributed by atoms with E-state index in [1.807, 2.05) is 0 Å². The molecule has 0 aliphatic carbocycles. The summed E-state index contributed by atoms with van der Waals surface area (Å²) >= 11 is 6.31. The maximum absolute atomic E-state index is 14.3. The Kier molecular flexibility index (Phi) is 5.56. The van der Waals surface area contributed by atoms with Gasteiger partial charge in [0.2, 0.25) is 0 Å². The first kappa shape index (κ1) is 20.1. The van der Waals surface area contributed by atoms with Gasteiger partial charge < -0.3 is 24.1 Å². The van der Waals surface area contributed by atoms with E-state index in [9.17, 15) is 14.0 Å². The van der Waals surface area contributed by atoms with Gasteiger partial charge >= 0.3 is 6.09 Å². The van der Waals surface area contributed by atoms with Crippen molar-refractivity contribution in [3.8, 4) is 17.2 Å². The van der Waals surface area contributed by atoms with E-state index < -0.39 is 17.8 Å². The van der Waals surface area contributed by atoms with Gasteiger partial charge in [-0.15, -0.1) is 0 Å². The van der Waals surface area contributed by atoms with Crippen molar-refractivity contribution in [1.82, 2.24) is 15.2 Å². The number of hydrogen-bond acceptors (Lipinski definition) is 6. The predicted molar refractivity (Wildman–Crippen MR) is 106 cm³/mol. The summed E-state index contributed by atoms with van der Waals surface area (Å²) in [6, 6.07) is 6.18. The minimum absolute atomic E-state index is 0.0290. The third kappa shape index (κ3) is 3.94. The maximum Gasteiger partial charge on any atom is 0.414 e. The molecule has 3 aromatic rings. The van der Waals surface area contributed by atoms with Gasteiger partial charge in [0.25, 0.3) is 11.9 Å². The van der Waals surface area contributed by atoms with Crippen LogP contribution >= 0.6 is 11.6 Å². The second kappa shape index (κ2) is 8.29. The Balaban J connectivity index is 1.69. The quantitative estimate of drug-likeness (QED) is 0.679. The number of furan rings is 1. The molecule has 0 unspecified atom stereocenters. The minimum Gasteiger partial charge on any atom is -0.424 e. The summed E-state index contributed by atoms with van der Waals surface area (Å²) in [7, 11) is 1.42. The van der Waals surface area contributed by atoms with Crippen LogP contribution in [0.3, 0.4) is 0 Å². The smallest absolute Gasteiger partial charge is 0.414 e. The molecular formula is C20H17ClFN3O5. The van der Waals surface area contributed by atoms with Crippen LogP contribution in [0.2, 0.25) is 5.02 Å². The maximum atomic E-state index is 14.3. The fraction of sp³-hybridized carbons (Fsp3) is 0.250. The first-order valence-corrected chi connectivity index (χ1v) is 9.49. The topological polar surface area (TPSA) is 93.9 Å². The lowest BCUT2D eigenvalue weighted by Gasteiger charge is -2.27. The molecule has 0 saturated carbocycles. The van der Waals surface area contributed by atoms with E-state index in [1.165, 1.54) is 19.2 Å². The number of rotatable bonds is 3. The zero-order valence-electron chi connectivity index (χ0n) is 15.9. The number of benzene rings is 1. The summed E-state index contributed by atoms with van der Waals surface area (Å²) in [4.78, 5) is 29.7. The van der Waals surface area contributed by atoms with Crippen LogP contribution in [0.25, 0.3) is 22.2 Å². The van der Waals surface area contributed by atoms with Crippen molar-refractivity contribution in [3.05, 3.63) is 46.9 Å². The number of nitrogens with one attached hydrogen (secondary N) is 1. The van der Waals surface area contributed by atoms with Crippen LogP contribution in [-0.2, 0) is 4.74 Å². The predicted octanol–water partition coefficient (Wildman–Crippen LogP) is 3.48. The van der Waals surface area contributed by atoms with Crippen molar-refractivity contribution in [2.24, 2.45) is 0 Å². The molecule has 2 amide bonds. The van der Waals surface area contributed by atoms with Crippen LogP contribution < -0.4 is 10.1 Å². The van der Waals surface area contributed by atoms with Crippen molar-refractivity contribution in [1.29, 1.82) is 0 Å². The van der Waals surface area contributed by atoms with E-state index in [0.717, 1.165) is 6.20 Å². The highest BCUT2D eigenvalue weighted by atomic mass is 35.5. The molecule has 0 bridgehead atoms. The molecule has 1 aliphatic heterocycles. The second-order valence-corrected chi connectivity index (χ2v) is 6.94. The number of fused-ring (bicyclic) bond motifs is 1. The number of hydrogen-bond donors (Lipinski definition) is 1. The van der Waals surface area contributed by atoms with Crippen LogP contribution in [-0.4, -0.2) is 55.2 Å². The van der Waals surface area contributed by atoms with E-state index >= 15 is 0 Å². The lowest BCUT2D eigenvalue weighted by molar-refractivity contribution is 0.0300. The van der Waals surface area contributed by atoms with Gasteiger partial charge in [0.15, 0.2) is 11.4 Å². The molecule has 3 heterocycles. The van der Waals surface area contributed by atoms with Gasteiger partial charge in [0.05, 0.1) is 35.7 Å². The lowest BCUT2D eigenvalue weighted by atomic mass is 10.1. The average molecular weight is 434 g/mol. The van der Waals surface area contributed by atoms with Crippen LogP contribution in [0.1, 0.15) is 10.4 Å². The van der Waals surface area contributed by atoms with Crippen molar-refractivity contribution in [3.63, 3.8) is 0 Å². The number of carbonyl (C=O) groups is 2. The monoisotopic (exact) mass is 433 g/mol. The van der Waals surface area contributed by atoms with E-state index in [4.69, 9.17) is 25.5 Å². The van der Waals surface area contributed by atoms with Crippen molar-refractivity contribution < 1.29 is 27.9 Å². The Hall–Kier alpha value is -3.17. The van der Waals surface area contributed by atoms with Crippen LogP contribution in [0.4, 0.5) is 9.18 Å². The third-order valence-electron chi connectivity index (χ3n) is 4.63. The summed E-state index contributed by atoms with van der Waals surface area (Å²) in [5.74, 6) is -1.15. The van der Waals surface area contributed by atoms with Gasteiger partial charge in [0.1, 0.15) is 0 Å². The number of carbonyl (C=O) groups excluding carboxylic acids is 2. The van der Waals surface area contributed by atoms with E-state index in [1.54, 1.807) is 17.0 Å². The van der Waals surface area contributed by atoms with Gasteiger partial charge in [-0.3, -0.25) is 9.78 Å². The van der Waals surface area contributed by atoms with Gasteiger partial charge in [-0.05, 0) is 18.2 Å². The molecule has 0 atom stereocenters. The number of morpholine rings is 1. The summed E-state index contributed by atoms with van der Waals surface area (Å²) in [5, 5.41) is 3.13. The molecule has 0 spiro atoms. The minimum atomic E-state index is -0.702. The van der Waals surface area contributed by atoms with E-state index in [0.29, 0.717) is 48.5 Å². The first-order chi connectivity index (χ1) is 14.5. The Morgan fingerprint density at radius 2 is 2.00 bits per heavy atom. The molecular weight excluding hydrogens is 417 g/mol. The van der Waals surface area contributed by atoms with Crippen molar-refractivity contribution in [2.75, 3.05) is 33.4 Å². The highest BCUT2D eigenvalue weighted by molar-refractivity contribution is 6.35. The van der Waals surface area contributed by atoms with Gasteiger partial charge in [0, 0.05) is 37.2 Å². The summed E-state index contributed by atoms with van der Waals surface area (Å²) in [5.41, 5.74) is 1.17. The molecule has 1 fully saturated rings. The molecule has 8 nitrogen and oxygen atoms in total. The number of ether oxygens (including phenoxy) is 2. The zero-order chi connectivity index (χ0) is 21.3. The molecule has 0 radical (unpaired) electrons. The first-order valence-electron chi connectivity index (χ1n) is 9.12.